The molecule has 0 aliphatic heterocycles. The topological polar surface area (TPSA) is 77.8 Å². The lowest BCUT2D eigenvalue weighted by Crippen LogP contribution is -2.43. The monoisotopic (exact) mass is 303 g/mol. The summed E-state index contributed by atoms with van der Waals surface area (Å²) in [5, 5.41) is 2.50. The molecule has 0 radical (unpaired) electrons. The Morgan fingerprint density at radius 2 is 1.95 bits per heavy atom. The van der Waals surface area contributed by atoms with E-state index in [1.54, 1.807) is 6.07 Å². The maximum atomic E-state index is 11.8. The smallest absolute Gasteiger partial charge is 0.408 e. The second kappa shape index (κ2) is 7.87. The van der Waals surface area contributed by atoms with Gasteiger partial charge in [-0.3, -0.25) is 0 Å². The summed E-state index contributed by atoms with van der Waals surface area (Å²) in [4.78, 5) is 23.5. The minimum atomic E-state index is -0.828. The predicted octanol–water partition coefficient (Wildman–Crippen LogP) is 2.29. The van der Waals surface area contributed by atoms with Crippen molar-refractivity contribution in [1.29, 1.82) is 0 Å². The lowest BCUT2D eigenvalue weighted by atomic mass is 10.1. The third-order valence-corrected chi connectivity index (χ3v) is 3.01. The minimum absolute atomic E-state index is 0.131. The number of alkyl carbamates (subject to hydrolysis) is 1. The molecular weight excluding hydrogens is 286 g/mol. The molecule has 0 bridgehead atoms. The molecule has 1 aromatic carbocycles. The first-order valence-electron chi connectivity index (χ1n) is 6.75. The Labute approximate surface area is 128 Å². The summed E-state index contributed by atoms with van der Waals surface area (Å²) in [6, 6.07) is 10.2. The summed E-state index contributed by atoms with van der Waals surface area (Å²) in [6.07, 6.45) is 2.59. The van der Waals surface area contributed by atoms with Gasteiger partial charge in [0, 0.05) is 6.42 Å². The molecule has 6 heteroatoms. The molecule has 2 aromatic rings. The first-order chi connectivity index (χ1) is 10.7. The van der Waals surface area contributed by atoms with E-state index in [9.17, 15) is 9.59 Å². The zero-order valence-electron chi connectivity index (χ0n) is 12.2. The summed E-state index contributed by atoms with van der Waals surface area (Å²) in [7, 11) is 1.27. The van der Waals surface area contributed by atoms with Crippen molar-refractivity contribution >= 4 is 12.1 Å². The number of rotatable bonds is 6. The molecule has 6 nitrogen and oxygen atoms in total. The third kappa shape index (κ3) is 4.66. The molecule has 0 spiro atoms. The number of ether oxygens (including phenoxy) is 2. The van der Waals surface area contributed by atoms with Crippen molar-refractivity contribution < 1.29 is 23.5 Å². The van der Waals surface area contributed by atoms with Crippen LogP contribution in [-0.2, 0) is 27.3 Å². The number of hydrogen-bond donors (Lipinski definition) is 1. The van der Waals surface area contributed by atoms with Crippen molar-refractivity contribution in [1.82, 2.24) is 5.32 Å². The van der Waals surface area contributed by atoms with Crippen LogP contribution < -0.4 is 5.32 Å². The lowest BCUT2D eigenvalue weighted by Gasteiger charge is -2.15. The van der Waals surface area contributed by atoms with Crippen molar-refractivity contribution in [2.75, 3.05) is 7.11 Å². The van der Waals surface area contributed by atoms with Gasteiger partial charge in [-0.2, -0.15) is 0 Å². The molecule has 2 rings (SSSR count). The van der Waals surface area contributed by atoms with Crippen molar-refractivity contribution in [2.24, 2.45) is 0 Å². The number of carbonyl (C=O) groups is 2. The van der Waals surface area contributed by atoms with Crippen LogP contribution in [0.4, 0.5) is 4.79 Å². The molecular formula is C16H17NO5. The highest BCUT2D eigenvalue weighted by atomic mass is 16.6. The van der Waals surface area contributed by atoms with Crippen LogP contribution in [0.3, 0.4) is 0 Å². The second-order valence-electron chi connectivity index (χ2n) is 4.62. The highest BCUT2D eigenvalue weighted by Gasteiger charge is 2.23. The van der Waals surface area contributed by atoms with E-state index in [1.807, 2.05) is 30.3 Å². The number of methoxy groups -OCH3 is 1. The highest BCUT2D eigenvalue weighted by molar-refractivity contribution is 5.81. The molecule has 1 atom stereocenters. The van der Waals surface area contributed by atoms with Crippen molar-refractivity contribution in [3.8, 4) is 0 Å². The van der Waals surface area contributed by atoms with E-state index < -0.39 is 18.1 Å². The van der Waals surface area contributed by atoms with Crippen LogP contribution in [0.5, 0.6) is 0 Å². The van der Waals surface area contributed by atoms with Crippen LogP contribution in [0, 0.1) is 0 Å². The third-order valence-electron chi connectivity index (χ3n) is 3.01. The van der Waals surface area contributed by atoms with Crippen LogP contribution in [-0.4, -0.2) is 25.2 Å². The molecule has 0 unspecified atom stereocenters. The number of furan rings is 1. The van der Waals surface area contributed by atoms with Gasteiger partial charge in [0.2, 0.25) is 0 Å². The molecule has 0 fully saturated rings. The number of nitrogens with one attached hydrogen (secondary N) is 1. The molecule has 0 saturated heterocycles. The fourth-order valence-electron chi connectivity index (χ4n) is 1.89. The molecule has 0 saturated carbocycles. The number of amides is 1. The zero-order chi connectivity index (χ0) is 15.8. The van der Waals surface area contributed by atoms with Crippen LogP contribution >= 0.6 is 0 Å². The Kier molecular flexibility index (Phi) is 5.59. The molecule has 1 amide bonds. The molecule has 116 valence electrons. The molecule has 1 aromatic heterocycles. The largest absolute Gasteiger partial charge is 0.472 e. The normalized spacial score (nSPS) is 11.5. The fraction of sp³-hybridized carbons (Fsp3) is 0.250. The Morgan fingerprint density at radius 3 is 2.59 bits per heavy atom. The number of carbonyl (C=O) groups excluding carboxylic acids is 2. The Bertz CT molecular complexity index is 594. The van der Waals surface area contributed by atoms with Gasteiger partial charge in [0.15, 0.2) is 0 Å². The molecule has 0 aliphatic rings. The van der Waals surface area contributed by atoms with E-state index in [1.165, 1.54) is 19.6 Å². The minimum Gasteiger partial charge on any atom is -0.472 e. The van der Waals surface area contributed by atoms with Crippen LogP contribution in [0.2, 0.25) is 0 Å². The maximum Gasteiger partial charge on any atom is 0.408 e. The summed E-state index contributed by atoms with van der Waals surface area (Å²) in [5.41, 5.74) is 1.64. The van der Waals surface area contributed by atoms with Gasteiger partial charge < -0.3 is 19.2 Å². The quantitative estimate of drug-likeness (QED) is 0.828. The molecule has 22 heavy (non-hydrogen) atoms. The zero-order valence-corrected chi connectivity index (χ0v) is 12.2. The van der Waals surface area contributed by atoms with Gasteiger partial charge >= 0.3 is 12.1 Å². The summed E-state index contributed by atoms with van der Waals surface area (Å²) >= 11 is 0. The van der Waals surface area contributed by atoms with Crippen LogP contribution in [0.15, 0.2) is 53.3 Å². The maximum absolute atomic E-state index is 11.8. The van der Waals surface area contributed by atoms with Gasteiger partial charge in [0.1, 0.15) is 12.6 Å². The number of benzene rings is 1. The number of hydrogen-bond acceptors (Lipinski definition) is 5. The van der Waals surface area contributed by atoms with Crippen molar-refractivity contribution in [3.63, 3.8) is 0 Å². The molecule has 1 N–H and O–H groups in total. The fourth-order valence-corrected chi connectivity index (χ4v) is 1.89. The molecule has 0 aliphatic carbocycles. The van der Waals surface area contributed by atoms with Gasteiger partial charge in [-0.25, -0.2) is 9.59 Å². The lowest BCUT2D eigenvalue weighted by molar-refractivity contribution is -0.143. The Morgan fingerprint density at radius 1 is 1.18 bits per heavy atom. The van der Waals surface area contributed by atoms with Gasteiger partial charge in [0.05, 0.1) is 19.6 Å². The SMILES string of the molecule is COC(=O)[C@H](Cc1ccoc1)NC(=O)OCc1ccccc1. The predicted molar refractivity (Wildman–Crippen MR) is 78.0 cm³/mol. The van der Waals surface area contributed by atoms with E-state index in [0.29, 0.717) is 0 Å². The standard InChI is InChI=1S/C16H17NO5/c1-20-15(18)14(9-13-7-8-21-10-13)17-16(19)22-11-12-5-3-2-4-6-12/h2-8,10,14H,9,11H2,1H3,(H,17,19)/t14-/m0/s1. The summed E-state index contributed by atoms with van der Waals surface area (Å²) < 4.78 is 14.7. The van der Waals surface area contributed by atoms with Crippen molar-refractivity contribution in [3.05, 3.63) is 60.1 Å². The van der Waals surface area contributed by atoms with E-state index in [0.717, 1.165) is 11.1 Å². The Balaban J connectivity index is 1.88. The van der Waals surface area contributed by atoms with E-state index >= 15 is 0 Å². The molecule has 1 heterocycles. The van der Waals surface area contributed by atoms with Crippen LogP contribution in [0.1, 0.15) is 11.1 Å². The highest BCUT2D eigenvalue weighted by Crippen LogP contribution is 2.06. The van der Waals surface area contributed by atoms with Gasteiger partial charge in [0.25, 0.3) is 0 Å². The first-order valence-corrected chi connectivity index (χ1v) is 6.75. The van der Waals surface area contributed by atoms with Crippen molar-refractivity contribution in [2.45, 2.75) is 19.1 Å². The summed E-state index contributed by atoms with van der Waals surface area (Å²) in [6.45, 7) is 0.131. The van der Waals surface area contributed by atoms with Gasteiger partial charge in [-0.1, -0.05) is 30.3 Å². The van der Waals surface area contributed by atoms with Crippen LogP contribution in [0.25, 0.3) is 0 Å². The van der Waals surface area contributed by atoms with Gasteiger partial charge in [-0.05, 0) is 17.2 Å². The second-order valence-corrected chi connectivity index (χ2v) is 4.62. The number of esters is 1. The average molecular weight is 303 g/mol. The first kappa shape index (κ1) is 15.6. The summed E-state index contributed by atoms with van der Waals surface area (Å²) in [5.74, 6) is -0.544. The van der Waals surface area contributed by atoms with E-state index in [2.05, 4.69) is 10.1 Å². The van der Waals surface area contributed by atoms with E-state index in [4.69, 9.17) is 9.15 Å². The Hall–Kier alpha value is -2.76. The van der Waals surface area contributed by atoms with E-state index in [-0.39, 0.29) is 13.0 Å². The average Bonchev–Trinajstić information content (AvgIpc) is 3.05. The van der Waals surface area contributed by atoms with Gasteiger partial charge in [-0.15, -0.1) is 0 Å².